The minimum atomic E-state index is 0.0948. The molecule has 1 aromatic rings. The van der Waals surface area contributed by atoms with Crippen LogP contribution in [0.15, 0.2) is 30.3 Å². The molecule has 1 aromatic carbocycles. The Kier molecular flexibility index (Phi) is 7.26. The van der Waals surface area contributed by atoms with E-state index < -0.39 is 0 Å². The van der Waals surface area contributed by atoms with Gasteiger partial charge >= 0.3 is 0 Å². The lowest BCUT2D eigenvalue weighted by atomic mass is 10.1. The van der Waals surface area contributed by atoms with Gasteiger partial charge in [-0.3, -0.25) is 0 Å². The molecule has 1 unspecified atom stereocenters. The van der Waals surface area contributed by atoms with Crippen LogP contribution in [-0.4, -0.2) is 12.6 Å². The van der Waals surface area contributed by atoms with Crippen LogP contribution in [-0.2, 0) is 6.42 Å². The fourth-order valence-corrected chi connectivity index (χ4v) is 1.00. The first-order valence-electron chi connectivity index (χ1n) is 4.82. The Hall–Kier alpha value is -0.860. The highest BCUT2D eigenvalue weighted by molar-refractivity contribution is 5.15. The maximum atomic E-state index is 5.68. The molecular weight excluding hydrogens is 160 g/mol. The number of hydrogen-bond donors (Lipinski definition) is 2. The molecule has 1 rings (SSSR count). The van der Waals surface area contributed by atoms with Gasteiger partial charge < -0.3 is 11.5 Å². The van der Waals surface area contributed by atoms with Gasteiger partial charge in [-0.25, -0.2) is 0 Å². The standard InChI is InChI=1S/C9H14N2.C2H6/c10-7-9(11)6-8-4-2-1-3-5-8;1-2/h1-5,9H,6-7,10-11H2;1-2H3. The van der Waals surface area contributed by atoms with E-state index in [2.05, 4.69) is 12.1 Å². The summed E-state index contributed by atoms with van der Waals surface area (Å²) in [5, 5.41) is 0. The van der Waals surface area contributed by atoms with Gasteiger partial charge in [0.1, 0.15) is 0 Å². The number of nitrogens with two attached hydrogens (primary N) is 2. The lowest BCUT2D eigenvalue weighted by Crippen LogP contribution is -2.31. The van der Waals surface area contributed by atoms with Crippen molar-refractivity contribution in [1.82, 2.24) is 0 Å². The van der Waals surface area contributed by atoms with E-state index in [-0.39, 0.29) is 6.04 Å². The first-order chi connectivity index (χ1) is 6.33. The van der Waals surface area contributed by atoms with E-state index in [0.717, 1.165) is 6.42 Å². The van der Waals surface area contributed by atoms with Crippen molar-refractivity contribution < 1.29 is 0 Å². The molecule has 0 aromatic heterocycles. The molecule has 2 nitrogen and oxygen atoms in total. The van der Waals surface area contributed by atoms with E-state index >= 15 is 0 Å². The Labute approximate surface area is 80.9 Å². The van der Waals surface area contributed by atoms with Gasteiger partial charge in [0.05, 0.1) is 0 Å². The van der Waals surface area contributed by atoms with Gasteiger partial charge in [-0.1, -0.05) is 44.2 Å². The van der Waals surface area contributed by atoms with Crippen molar-refractivity contribution >= 4 is 0 Å². The molecule has 0 bridgehead atoms. The van der Waals surface area contributed by atoms with E-state index in [9.17, 15) is 0 Å². The highest BCUT2D eigenvalue weighted by atomic mass is 14.7. The molecule has 0 saturated carbocycles. The van der Waals surface area contributed by atoms with E-state index in [1.807, 2.05) is 32.0 Å². The van der Waals surface area contributed by atoms with Gasteiger partial charge in [-0.05, 0) is 12.0 Å². The molecule has 2 heteroatoms. The van der Waals surface area contributed by atoms with E-state index in [4.69, 9.17) is 11.5 Å². The van der Waals surface area contributed by atoms with Crippen LogP contribution in [0.5, 0.6) is 0 Å². The fraction of sp³-hybridized carbons (Fsp3) is 0.455. The summed E-state index contributed by atoms with van der Waals surface area (Å²) in [6.07, 6.45) is 0.872. The quantitative estimate of drug-likeness (QED) is 0.741. The van der Waals surface area contributed by atoms with Crippen molar-refractivity contribution in [2.45, 2.75) is 26.3 Å². The Morgan fingerprint density at radius 2 is 1.69 bits per heavy atom. The van der Waals surface area contributed by atoms with Crippen molar-refractivity contribution in [3.63, 3.8) is 0 Å². The Bertz CT molecular complexity index is 197. The molecule has 0 aliphatic heterocycles. The molecule has 0 radical (unpaired) electrons. The monoisotopic (exact) mass is 180 g/mol. The average molecular weight is 180 g/mol. The van der Waals surface area contributed by atoms with E-state index in [1.54, 1.807) is 0 Å². The van der Waals surface area contributed by atoms with Crippen LogP contribution >= 0.6 is 0 Å². The van der Waals surface area contributed by atoms with Crippen LogP contribution in [0.2, 0.25) is 0 Å². The summed E-state index contributed by atoms with van der Waals surface area (Å²) in [4.78, 5) is 0. The Morgan fingerprint density at radius 3 is 2.15 bits per heavy atom. The predicted molar refractivity (Wildman–Crippen MR) is 58.5 cm³/mol. The summed E-state index contributed by atoms with van der Waals surface area (Å²) < 4.78 is 0. The molecule has 0 aliphatic rings. The summed E-state index contributed by atoms with van der Waals surface area (Å²) in [6, 6.07) is 10.2. The molecule has 4 N–H and O–H groups in total. The van der Waals surface area contributed by atoms with Crippen LogP contribution < -0.4 is 11.5 Å². The zero-order valence-corrected chi connectivity index (χ0v) is 8.53. The lowest BCUT2D eigenvalue weighted by molar-refractivity contribution is 0.678. The smallest absolute Gasteiger partial charge is 0.0203 e. The molecule has 0 aliphatic carbocycles. The van der Waals surface area contributed by atoms with Crippen molar-refractivity contribution in [3.8, 4) is 0 Å². The van der Waals surface area contributed by atoms with Gasteiger partial charge in [0.15, 0.2) is 0 Å². The highest BCUT2D eigenvalue weighted by Gasteiger charge is 1.99. The van der Waals surface area contributed by atoms with E-state index in [0.29, 0.717) is 6.54 Å². The third-order valence-electron chi connectivity index (χ3n) is 1.64. The number of benzene rings is 1. The van der Waals surface area contributed by atoms with Crippen molar-refractivity contribution in [1.29, 1.82) is 0 Å². The molecule has 0 spiro atoms. The maximum Gasteiger partial charge on any atom is 0.0203 e. The van der Waals surface area contributed by atoms with Gasteiger partial charge in [0, 0.05) is 12.6 Å². The van der Waals surface area contributed by atoms with Crippen LogP contribution in [0, 0.1) is 0 Å². The topological polar surface area (TPSA) is 52.0 Å². The zero-order valence-electron chi connectivity index (χ0n) is 8.53. The summed E-state index contributed by atoms with van der Waals surface area (Å²) in [6.45, 7) is 4.55. The highest BCUT2D eigenvalue weighted by Crippen LogP contribution is 2.00. The van der Waals surface area contributed by atoms with Crippen LogP contribution in [0.3, 0.4) is 0 Å². The summed E-state index contributed by atoms with van der Waals surface area (Å²) in [5.74, 6) is 0. The van der Waals surface area contributed by atoms with Crippen LogP contribution in [0.25, 0.3) is 0 Å². The predicted octanol–water partition coefficient (Wildman–Crippen LogP) is 1.54. The molecule has 13 heavy (non-hydrogen) atoms. The van der Waals surface area contributed by atoms with Gasteiger partial charge in [0.25, 0.3) is 0 Å². The van der Waals surface area contributed by atoms with Crippen molar-refractivity contribution in [3.05, 3.63) is 35.9 Å². The molecular formula is C11H20N2. The fourth-order valence-electron chi connectivity index (χ4n) is 1.00. The molecule has 0 heterocycles. The lowest BCUT2D eigenvalue weighted by Gasteiger charge is -2.07. The molecule has 0 fully saturated rings. The summed E-state index contributed by atoms with van der Waals surface area (Å²) in [7, 11) is 0. The largest absolute Gasteiger partial charge is 0.329 e. The normalized spacial score (nSPS) is 11.4. The first-order valence-corrected chi connectivity index (χ1v) is 4.82. The van der Waals surface area contributed by atoms with Crippen molar-refractivity contribution in [2.75, 3.05) is 6.54 Å². The zero-order chi connectivity index (χ0) is 10.1. The average Bonchev–Trinajstić information content (AvgIpc) is 2.22. The van der Waals surface area contributed by atoms with E-state index in [1.165, 1.54) is 5.56 Å². The SMILES string of the molecule is CC.NCC(N)Cc1ccccc1. The van der Waals surface area contributed by atoms with Gasteiger partial charge in [-0.2, -0.15) is 0 Å². The van der Waals surface area contributed by atoms with Crippen LogP contribution in [0.1, 0.15) is 19.4 Å². The third-order valence-corrected chi connectivity index (χ3v) is 1.64. The second-order valence-electron chi connectivity index (χ2n) is 2.69. The Morgan fingerprint density at radius 1 is 1.15 bits per heavy atom. The second kappa shape index (κ2) is 7.77. The van der Waals surface area contributed by atoms with Crippen LogP contribution in [0.4, 0.5) is 0 Å². The van der Waals surface area contributed by atoms with Gasteiger partial charge in [0.2, 0.25) is 0 Å². The maximum absolute atomic E-state index is 5.68. The molecule has 1 atom stereocenters. The number of rotatable bonds is 3. The molecule has 0 amide bonds. The summed E-state index contributed by atoms with van der Waals surface area (Å²) in [5.41, 5.74) is 12.3. The van der Waals surface area contributed by atoms with Crippen molar-refractivity contribution in [2.24, 2.45) is 11.5 Å². The Balaban J connectivity index is 0.000000671. The van der Waals surface area contributed by atoms with Gasteiger partial charge in [-0.15, -0.1) is 0 Å². The number of hydrogen-bond acceptors (Lipinski definition) is 2. The first kappa shape index (κ1) is 12.1. The minimum Gasteiger partial charge on any atom is -0.329 e. The third kappa shape index (κ3) is 5.39. The minimum absolute atomic E-state index is 0.0948. The molecule has 0 saturated heterocycles. The second-order valence-corrected chi connectivity index (χ2v) is 2.69. The summed E-state index contributed by atoms with van der Waals surface area (Å²) >= 11 is 0. The molecule has 74 valence electrons.